The van der Waals surface area contributed by atoms with Crippen LogP contribution >= 0.6 is 11.6 Å². The van der Waals surface area contributed by atoms with E-state index in [1.807, 2.05) is 17.0 Å². The molecule has 110 valence electrons. The van der Waals surface area contributed by atoms with Crippen LogP contribution in [0.4, 0.5) is 0 Å². The summed E-state index contributed by atoms with van der Waals surface area (Å²) in [5.41, 5.74) is 7.51. The Morgan fingerprint density at radius 3 is 2.86 bits per heavy atom. The highest BCUT2D eigenvalue weighted by Gasteiger charge is 2.29. The van der Waals surface area contributed by atoms with E-state index >= 15 is 0 Å². The van der Waals surface area contributed by atoms with Gasteiger partial charge in [-0.15, -0.1) is 0 Å². The molecule has 0 radical (unpaired) electrons. The van der Waals surface area contributed by atoms with Gasteiger partial charge in [0.2, 0.25) is 0 Å². The van der Waals surface area contributed by atoms with Crippen molar-refractivity contribution in [3.8, 4) is 11.3 Å². The molecule has 2 N–H and O–H groups in total. The molecule has 1 aromatic heterocycles. The molecule has 1 atom stereocenters. The van der Waals surface area contributed by atoms with Crippen molar-refractivity contribution >= 4 is 17.5 Å². The molecule has 1 saturated heterocycles. The highest BCUT2D eigenvalue weighted by atomic mass is 35.5. The largest absolute Gasteiger partial charge is 0.363 e. The number of hydrogen-bond donors (Lipinski definition) is 1. The Hall–Kier alpha value is -1.85. The topological polar surface area (TPSA) is 72.4 Å². The zero-order chi connectivity index (χ0) is 14.8. The highest BCUT2D eigenvalue weighted by Crippen LogP contribution is 2.26. The lowest BCUT2D eigenvalue weighted by molar-refractivity contribution is 0.0787. The molecule has 6 heteroatoms. The lowest BCUT2D eigenvalue weighted by Crippen LogP contribution is -2.29. The number of amides is 1. The molecule has 2 aromatic rings. The minimum atomic E-state index is -0.0582. The Labute approximate surface area is 127 Å². The van der Waals surface area contributed by atoms with Crippen molar-refractivity contribution in [2.45, 2.75) is 6.42 Å². The van der Waals surface area contributed by atoms with Gasteiger partial charge >= 0.3 is 0 Å². The number of benzene rings is 1. The van der Waals surface area contributed by atoms with Gasteiger partial charge in [-0.2, -0.15) is 0 Å². The maximum Gasteiger partial charge on any atom is 0.259 e. The number of aromatic nitrogens is 1. The standard InChI is InChI=1S/C15H16ClN3O2/c16-12-3-1-11(2-4-12)14-13(9-21-18-14)15(20)19-6-5-10(7-17)8-19/h1-4,9-10H,5-8,17H2. The summed E-state index contributed by atoms with van der Waals surface area (Å²) in [7, 11) is 0. The molecule has 0 spiro atoms. The fourth-order valence-corrected chi connectivity index (χ4v) is 2.71. The molecule has 21 heavy (non-hydrogen) atoms. The summed E-state index contributed by atoms with van der Waals surface area (Å²) in [6.07, 6.45) is 2.35. The summed E-state index contributed by atoms with van der Waals surface area (Å²) in [6, 6.07) is 7.17. The number of rotatable bonds is 3. The predicted molar refractivity (Wildman–Crippen MR) is 80.0 cm³/mol. The van der Waals surface area contributed by atoms with Crippen molar-refractivity contribution in [3.63, 3.8) is 0 Å². The third-order valence-electron chi connectivity index (χ3n) is 3.82. The second-order valence-electron chi connectivity index (χ2n) is 5.23. The van der Waals surface area contributed by atoms with Crippen LogP contribution in [0.1, 0.15) is 16.8 Å². The second-order valence-corrected chi connectivity index (χ2v) is 5.66. The van der Waals surface area contributed by atoms with Crippen molar-refractivity contribution in [1.29, 1.82) is 0 Å². The molecule has 0 bridgehead atoms. The number of hydrogen-bond acceptors (Lipinski definition) is 4. The minimum Gasteiger partial charge on any atom is -0.363 e. The van der Waals surface area contributed by atoms with Gasteiger partial charge in [0.25, 0.3) is 5.91 Å². The van der Waals surface area contributed by atoms with Crippen molar-refractivity contribution in [2.24, 2.45) is 11.7 Å². The first-order valence-electron chi connectivity index (χ1n) is 6.88. The fraction of sp³-hybridized carbons (Fsp3) is 0.333. The van der Waals surface area contributed by atoms with Crippen LogP contribution in [-0.4, -0.2) is 35.6 Å². The van der Waals surface area contributed by atoms with Crippen molar-refractivity contribution in [1.82, 2.24) is 10.1 Å². The molecule has 1 fully saturated rings. The SMILES string of the molecule is NCC1CCN(C(=O)c2conc2-c2ccc(Cl)cc2)C1. The molecule has 5 nitrogen and oxygen atoms in total. The lowest BCUT2D eigenvalue weighted by Gasteiger charge is -2.15. The number of likely N-dealkylation sites (tertiary alicyclic amines) is 1. The molecule has 1 amide bonds. The van der Waals surface area contributed by atoms with Gasteiger partial charge in [-0.3, -0.25) is 4.79 Å². The third kappa shape index (κ3) is 2.80. The molecule has 0 saturated carbocycles. The summed E-state index contributed by atoms with van der Waals surface area (Å²) in [6.45, 7) is 2.03. The van der Waals surface area contributed by atoms with E-state index in [9.17, 15) is 4.79 Å². The maximum atomic E-state index is 12.6. The van der Waals surface area contributed by atoms with Gasteiger partial charge in [-0.25, -0.2) is 0 Å². The van der Waals surface area contributed by atoms with E-state index in [4.69, 9.17) is 21.9 Å². The Morgan fingerprint density at radius 1 is 1.43 bits per heavy atom. The first-order chi connectivity index (χ1) is 10.2. The number of carbonyl (C=O) groups excluding carboxylic acids is 1. The monoisotopic (exact) mass is 305 g/mol. The van der Waals surface area contributed by atoms with Gasteiger partial charge in [0.05, 0.1) is 0 Å². The van der Waals surface area contributed by atoms with Gasteiger partial charge in [-0.05, 0) is 31.0 Å². The molecule has 1 aromatic carbocycles. The van der Waals surface area contributed by atoms with E-state index in [2.05, 4.69) is 5.16 Å². The molecule has 1 aliphatic rings. The smallest absolute Gasteiger partial charge is 0.259 e. The van der Waals surface area contributed by atoms with Crippen molar-refractivity contribution in [3.05, 3.63) is 41.1 Å². The van der Waals surface area contributed by atoms with Crippen LogP contribution in [0.15, 0.2) is 35.1 Å². The molecular weight excluding hydrogens is 290 g/mol. The van der Waals surface area contributed by atoms with E-state index in [1.165, 1.54) is 6.26 Å². The number of carbonyl (C=O) groups is 1. The molecule has 1 aliphatic heterocycles. The Balaban J connectivity index is 1.85. The number of halogens is 1. The Bertz CT molecular complexity index is 639. The summed E-state index contributed by atoms with van der Waals surface area (Å²) < 4.78 is 5.01. The first-order valence-corrected chi connectivity index (χ1v) is 7.26. The van der Waals surface area contributed by atoms with Crippen LogP contribution < -0.4 is 5.73 Å². The van der Waals surface area contributed by atoms with Crippen LogP contribution in [0, 0.1) is 5.92 Å². The maximum absolute atomic E-state index is 12.6. The average molecular weight is 306 g/mol. The van der Waals surface area contributed by atoms with Crippen molar-refractivity contribution < 1.29 is 9.32 Å². The molecule has 1 unspecified atom stereocenters. The van der Waals surface area contributed by atoms with E-state index in [0.717, 1.165) is 18.5 Å². The van der Waals surface area contributed by atoms with Crippen molar-refractivity contribution in [2.75, 3.05) is 19.6 Å². The lowest BCUT2D eigenvalue weighted by atomic mass is 10.1. The van der Waals surface area contributed by atoms with Gasteiger partial charge in [0.15, 0.2) is 0 Å². The summed E-state index contributed by atoms with van der Waals surface area (Å²) >= 11 is 5.88. The van der Waals surface area contributed by atoms with Crippen LogP contribution in [0.25, 0.3) is 11.3 Å². The fourth-order valence-electron chi connectivity index (χ4n) is 2.58. The number of nitrogens with zero attached hydrogens (tertiary/aromatic N) is 2. The quantitative estimate of drug-likeness (QED) is 0.945. The van der Waals surface area contributed by atoms with E-state index in [0.29, 0.717) is 35.3 Å². The summed E-state index contributed by atoms with van der Waals surface area (Å²) in [5.74, 6) is 0.324. The molecule has 0 aliphatic carbocycles. The summed E-state index contributed by atoms with van der Waals surface area (Å²) in [5, 5.41) is 4.60. The van der Waals surface area contributed by atoms with Gasteiger partial charge < -0.3 is 15.2 Å². The zero-order valence-electron chi connectivity index (χ0n) is 11.5. The normalized spacial score (nSPS) is 18.2. The Morgan fingerprint density at radius 2 is 2.19 bits per heavy atom. The summed E-state index contributed by atoms with van der Waals surface area (Å²) in [4.78, 5) is 14.4. The minimum absolute atomic E-state index is 0.0582. The van der Waals surface area contributed by atoms with Gasteiger partial charge in [0, 0.05) is 23.7 Å². The molecule has 3 rings (SSSR count). The van der Waals surface area contributed by atoms with Crippen LogP contribution in [0.5, 0.6) is 0 Å². The zero-order valence-corrected chi connectivity index (χ0v) is 12.2. The molecular formula is C15H16ClN3O2. The van der Waals surface area contributed by atoms with Crippen LogP contribution in [0.2, 0.25) is 5.02 Å². The highest BCUT2D eigenvalue weighted by molar-refractivity contribution is 6.30. The van der Waals surface area contributed by atoms with Crippen LogP contribution in [-0.2, 0) is 0 Å². The van der Waals surface area contributed by atoms with E-state index in [-0.39, 0.29) is 5.91 Å². The van der Waals surface area contributed by atoms with Crippen LogP contribution in [0.3, 0.4) is 0 Å². The van der Waals surface area contributed by atoms with Gasteiger partial charge in [0.1, 0.15) is 17.5 Å². The first kappa shape index (κ1) is 14.1. The second kappa shape index (κ2) is 5.87. The third-order valence-corrected chi connectivity index (χ3v) is 4.08. The van der Waals surface area contributed by atoms with E-state index < -0.39 is 0 Å². The van der Waals surface area contributed by atoms with Gasteiger partial charge in [-0.1, -0.05) is 28.9 Å². The number of nitrogens with two attached hydrogens (primary N) is 1. The molecule has 2 heterocycles. The predicted octanol–water partition coefficient (Wildman–Crippen LogP) is 2.42. The Kier molecular flexibility index (Phi) is 3.94. The average Bonchev–Trinajstić information content (AvgIpc) is 3.16. The van der Waals surface area contributed by atoms with E-state index in [1.54, 1.807) is 12.1 Å².